The van der Waals surface area contributed by atoms with Gasteiger partial charge in [-0.3, -0.25) is 0 Å². The Morgan fingerprint density at radius 1 is 2.00 bits per heavy atom. The van der Waals surface area contributed by atoms with Gasteiger partial charge in [-0.15, -0.1) is 0 Å². The van der Waals surface area contributed by atoms with Crippen LogP contribution in [0.1, 0.15) is 6.92 Å². The largest absolute Gasteiger partial charge is 0.463 e. The standard InChI is InChI=1S/C5H8NO2/c1-2-8-5(7)3-4-6/h3H,2,6H2,1H3. The Morgan fingerprint density at radius 2 is 2.62 bits per heavy atom. The van der Waals surface area contributed by atoms with E-state index in [1.165, 1.54) is 0 Å². The summed E-state index contributed by atoms with van der Waals surface area (Å²) in [7, 11) is 0. The number of esters is 1. The average Bonchev–Trinajstić information content (AvgIpc) is 1.68. The average molecular weight is 114 g/mol. The van der Waals surface area contributed by atoms with Gasteiger partial charge in [0.2, 0.25) is 0 Å². The maximum atomic E-state index is 10.2. The van der Waals surface area contributed by atoms with Gasteiger partial charge in [-0.2, -0.15) is 0 Å². The van der Waals surface area contributed by atoms with Crippen molar-refractivity contribution in [1.82, 2.24) is 0 Å². The third kappa shape index (κ3) is 3.21. The fourth-order valence-electron chi connectivity index (χ4n) is 0.252. The molecule has 0 unspecified atom stereocenters. The predicted molar refractivity (Wildman–Crippen MR) is 28.6 cm³/mol. The van der Waals surface area contributed by atoms with Gasteiger partial charge in [0.05, 0.1) is 12.8 Å². The highest BCUT2D eigenvalue weighted by molar-refractivity contribution is 5.81. The summed E-state index contributed by atoms with van der Waals surface area (Å²) in [6.45, 7) is 2.10. The molecule has 0 aromatic rings. The van der Waals surface area contributed by atoms with Crippen LogP contribution in [0.2, 0.25) is 0 Å². The molecule has 3 heteroatoms. The molecular formula is C5H8NO2. The fourth-order valence-corrected chi connectivity index (χ4v) is 0.252. The van der Waals surface area contributed by atoms with Gasteiger partial charge in [0.15, 0.2) is 0 Å². The summed E-state index contributed by atoms with van der Waals surface area (Å²) < 4.78 is 4.45. The molecule has 0 saturated heterocycles. The van der Waals surface area contributed by atoms with Crippen molar-refractivity contribution in [3.63, 3.8) is 0 Å². The maximum absolute atomic E-state index is 10.2. The van der Waals surface area contributed by atoms with E-state index in [4.69, 9.17) is 5.73 Å². The number of carbonyl (C=O) groups is 1. The molecule has 0 bridgehead atoms. The number of ether oxygens (including phenoxy) is 1. The van der Waals surface area contributed by atoms with Gasteiger partial charge in [0, 0.05) is 6.08 Å². The first kappa shape index (κ1) is 7.01. The number of rotatable bonds is 2. The van der Waals surface area contributed by atoms with Crippen molar-refractivity contribution >= 4 is 5.97 Å². The molecule has 0 saturated carbocycles. The van der Waals surface area contributed by atoms with E-state index in [2.05, 4.69) is 10.9 Å². The van der Waals surface area contributed by atoms with Gasteiger partial charge in [-0.25, -0.2) is 4.79 Å². The van der Waals surface area contributed by atoms with Crippen LogP contribution in [0.15, 0.2) is 6.08 Å². The van der Waals surface area contributed by atoms with Crippen LogP contribution in [0.5, 0.6) is 0 Å². The zero-order valence-corrected chi connectivity index (χ0v) is 4.68. The SMILES string of the molecule is CCOC(=O)/C=[C]\N. The van der Waals surface area contributed by atoms with Gasteiger partial charge in [-0.1, -0.05) is 0 Å². The molecule has 0 aliphatic carbocycles. The highest BCUT2D eigenvalue weighted by Crippen LogP contribution is 1.75. The summed E-state index contributed by atoms with van der Waals surface area (Å²) in [6.07, 6.45) is 3.10. The number of hydrogen-bond donors (Lipinski definition) is 1. The van der Waals surface area contributed by atoms with E-state index in [9.17, 15) is 4.79 Å². The molecule has 0 heterocycles. The van der Waals surface area contributed by atoms with Crippen LogP contribution in [-0.2, 0) is 9.53 Å². The van der Waals surface area contributed by atoms with Crippen molar-refractivity contribution in [3.05, 3.63) is 12.3 Å². The highest BCUT2D eigenvalue weighted by Gasteiger charge is 1.89. The van der Waals surface area contributed by atoms with Crippen molar-refractivity contribution in [3.8, 4) is 0 Å². The first-order valence-corrected chi connectivity index (χ1v) is 2.27. The molecular weight excluding hydrogens is 106 g/mol. The fraction of sp³-hybridized carbons (Fsp3) is 0.400. The first-order valence-electron chi connectivity index (χ1n) is 2.27. The third-order valence-electron chi connectivity index (χ3n) is 0.488. The Kier molecular flexibility index (Phi) is 3.66. The molecule has 0 aromatic carbocycles. The minimum absolute atomic E-state index is 0.372. The molecule has 45 valence electrons. The summed E-state index contributed by atoms with van der Waals surface area (Å²) >= 11 is 0. The quantitative estimate of drug-likeness (QED) is 0.308. The van der Waals surface area contributed by atoms with Gasteiger partial charge in [-0.05, 0) is 6.92 Å². The lowest BCUT2D eigenvalue weighted by atomic mass is 10.6. The number of nitrogens with two attached hydrogens (primary N) is 1. The zero-order chi connectivity index (χ0) is 6.41. The van der Waals surface area contributed by atoms with E-state index in [1.54, 1.807) is 6.92 Å². The van der Waals surface area contributed by atoms with Gasteiger partial charge < -0.3 is 10.5 Å². The lowest BCUT2D eigenvalue weighted by molar-refractivity contribution is -0.137. The summed E-state index contributed by atoms with van der Waals surface area (Å²) in [5, 5.41) is 0. The van der Waals surface area contributed by atoms with Crippen molar-refractivity contribution in [2.24, 2.45) is 5.73 Å². The second-order valence-electron chi connectivity index (χ2n) is 1.06. The van der Waals surface area contributed by atoms with Crippen LogP contribution < -0.4 is 5.73 Å². The van der Waals surface area contributed by atoms with Gasteiger partial charge in [0.1, 0.15) is 0 Å². The van der Waals surface area contributed by atoms with Crippen molar-refractivity contribution < 1.29 is 9.53 Å². The van der Waals surface area contributed by atoms with Gasteiger partial charge >= 0.3 is 5.97 Å². The molecule has 0 aliphatic heterocycles. The van der Waals surface area contributed by atoms with Crippen molar-refractivity contribution in [2.45, 2.75) is 6.92 Å². The highest BCUT2D eigenvalue weighted by atomic mass is 16.5. The van der Waals surface area contributed by atoms with Crippen molar-refractivity contribution in [1.29, 1.82) is 0 Å². The second kappa shape index (κ2) is 4.18. The van der Waals surface area contributed by atoms with E-state index < -0.39 is 5.97 Å². The summed E-state index contributed by atoms with van der Waals surface area (Å²) in [4.78, 5) is 10.2. The lowest BCUT2D eigenvalue weighted by Crippen LogP contribution is -2.00. The van der Waals surface area contributed by atoms with E-state index in [0.29, 0.717) is 6.61 Å². The zero-order valence-electron chi connectivity index (χ0n) is 4.68. The third-order valence-corrected chi connectivity index (χ3v) is 0.488. The molecule has 0 rings (SSSR count). The Bertz CT molecular complexity index is 98.6. The molecule has 0 atom stereocenters. The Balaban J connectivity index is 3.33. The molecule has 0 amide bonds. The van der Waals surface area contributed by atoms with Crippen LogP contribution >= 0.6 is 0 Å². The van der Waals surface area contributed by atoms with E-state index in [-0.39, 0.29) is 0 Å². The predicted octanol–water partition coefficient (Wildman–Crippen LogP) is -0.175. The first-order chi connectivity index (χ1) is 3.81. The Labute approximate surface area is 48.1 Å². The summed E-state index contributed by atoms with van der Waals surface area (Å²) in [5.41, 5.74) is 4.75. The normalized spacial score (nSPS) is 9.62. The minimum atomic E-state index is -0.449. The monoisotopic (exact) mass is 114 g/mol. The molecule has 0 fully saturated rings. The summed E-state index contributed by atoms with van der Waals surface area (Å²) in [6, 6.07) is 0. The van der Waals surface area contributed by atoms with Crippen LogP contribution in [-0.4, -0.2) is 12.6 Å². The van der Waals surface area contributed by atoms with Crippen LogP contribution in [0.3, 0.4) is 0 Å². The molecule has 8 heavy (non-hydrogen) atoms. The molecule has 0 aromatic heterocycles. The second-order valence-corrected chi connectivity index (χ2v) is 1.06. The van der Waals surface area contributed by atoms with E-state index in [1.807, 2.05) is 0 Å². The summed E-state index contributed by atoms with van der Waals surface area (Å²) in [5.74, 6) is -0.449. The smallest absolute Gasteiger partial charge is 0.332 e. The van der Waals surface area contributed by atoms with Crippen LogP contribution in [0, 0.1) is 6.20 Å². The van der Waals surface area contributed by atoms with Gasteiger partial charge in [0.25, 0.3) is 0 Å². The minimum Gasteiger partial charge on any atom is -0.463 e. The molecule has 1 radical (unpaired) electrons. The number of hydrogen-bond acceptors (Lipinski definition) is 3. The maximum Gasteiger partial charge on any atom is 0.332 e. The molecule has 3 nitrogen and oxygen atoms in total. The molecule has 0 aliphatic rings. The Morgan fingerprint density at radius 3 is 3.00 bits per heavy atom. The lowest BCUT2D eigenvalue weighted by Gasteiger charge is -1.91. The molecule has 0 spiro atoms. The van der Waals surface area contributed by atoms with Crippen LogP contribution in [0.25, 0.3) is 0 Å². The van der Waals surface area contributed by atoms with E-state index >= 15 is 0 Å². The van der Waals surface area contributed by atoms with Crippen LogP contribution in [0.4, 0.5) is 0 Å². The van der Waals surface area contributed by atoms with E-state index in [0.717, 1.165) is 6.08 Å². The van der Waals surface area contributed by atoms with Crippen molar-refractivity contribution in [2.75, 3.05) is 6.61 Å². The number of carbonyl (C=O) groups excluding carboxylic acids is 1. The molecule has 2 N–H and O–H groups in total. The topological polar surface area (TPSA) is 52.3 Å². The Hall–Kier alpha value is -0.990.